The van der Waals surface area contributed by atoms with Crippen molar-refractivity contribution < 1.29 is 9.63 Å². The maximum atomic E-state index is 12.3. The van der Waals surface area contributed by atoms with Crippen LogP contribution in [0.3, 0.4) is 0 Å². The van der Waals surface area contributed by atoms with Crippen molar-refractivity contribution in [3.8, 4) is 0 Å². The van der Waals surface area contributed by atoms with E-state index in [0.717, 1.165) is 28.1 Å². The molecule has 22 heavy (non-hydrogen) atoms. The summed E-state index contributed by atoms with van der Waals surface area (Å²) in [4.78, 5) is 17.6. The Bertz CT molecular complexity index is 703. The van der Waals surface area contributed by atoms with Crippen LogP contribution in [0.4, 0.5) is 5.69 Å². The van der Waals surface area contributed by atoms with Crippen LogP contribution >= 0.6 is 0 Å². The lowest BCUT2D eigenvalue weighted by atomic mass is 10.0. The summed E-state index contributed by atoms with van der Waals surface area (Å²) in [5.74, 6) is -0.167. The summed E-state index contributed by atoms with van der Waals surface area (Å²) in [6, 6.07) is 15.7. The highest BCUT2D eigenvalue weighted by Crippen LogP contribution is 2.19. The fourth-order valence-corrected chi connectivity index (χ4v) is 2.59. The van der Waals surface area contributed by atoms with Crippen LogP contribution in [0.15, 0.2) is 53.7 Å². The average molecular weight is 294 g/mol. The predicted octanol–water partition coefficient (Wildman–Crippen LogP) is 3.44. The second kappa shape index (κ2) is 6.02. The van der Waals surface area contributed by atoms with Gasteiger partial charge in [-0.15, -0.1) is 0 Å². The van der Waals surface area contributed by atoms with Crippen molar-refractivity contribution in [1.82, 2.24) is 0 Å². The van der Waals surface area contributed by atoms with E-state index in [0.29, 0.717) is 6.42 Å². The number of carbonyl (C=O) groups excluding carboxylic acids is 1. The summed E-state index contributed by atoms with van der Waals surface area (Å²) >= 11 is 0. The minimum atomic E-state index is -0.573. The lowest BCUT2D eigenvalue weighted by Crippen LogP contribution is -2.28. The Morgan fingerprint density at radius 3 is 2.50 bits per heavy atom. The second-order valence-electron chi connectivity index (χ2n) is 5.57. The summed E-state index contributed by atoms with van der Waals surface area (Å²) in [6.07, 6.45) is -0.0864. The number of nitrogens with one attached hydrogen (secondary N) is 1. The third-order valence-corrected chi connectivity index (χ3v) is 3.56. The molecule has 0 radical (unpaired) electrons. The zero-order chi connectivity index (χ0) is 15.5. The second-order valence-corrected chi connectivity index (χ2v) is 5.57. The summed E-state index contributed by atoms with van der Waals surface area (Å²) in [5, 5.41) is 6.94. The quantitative estimate of drug-likeness (QED) is 0.942. The Kier molecular flexibility index (Phi) is 3.92. The number of amides is 1. The SMILES string of the molecule is Cc1cc(C)cc(NC(=O)[C@@H]2CC(c3ccccc3)=NO2)c1. The van der Waals surface area contributed by atoms with E-state index in [1.807, 2.05) is 56.3 Å². The summed E-state index contributed by atoms with van der Waals surface area (Å²) in [5.41, 5.74) is 4.82. The Morgan fingerprint density at radius 2 is 1.82 bits per heavy atom. The van der Waals surface area contributed by atoms with E-state index in [1.165, 1.54) is 0 Å². The first kappa shape index (κ1) is 14.3. The molecule has 4 heteroatoms. The monoisotopic (exact) mass is 294 g/mol. The van der Waals surface area contributed by atoms with Crippen molar-refractivity contribution in [2.75, 3.05) is 5.32 Å². The number of oxime groups is 1. The standard InChI is InChI=1S/C18H18N2O2/c1-12-8-13(2)10-15(9-12)19-18(21)17-11-16(20-22-17)14-6-4-3-5-7-14/h3-10,17H,11H2,1-2H3,(H,19,21)/t17-/m0/s1. The van der Waals surface area contributed by atoms with Crippen LogP contribution in [0.2, 0.25) is 0 Å². The van der Waals surface area contributed by atoms with Gasteiger partial charge in [0.15, 0.2) is 0 Å². The van der Waals surface area contributed by atoms with Gasteiger partial charge < -0.3 is 10.2 Å². The van der Waals surface area contributed by atoms with Gasteiger partial charge >= 0.3 is 0 Å². The number of hydrogen-bond acceptors (Lipinski definition) is 3. The van der Waals surface area contributed by atoms with E-state index in [2.05, 4.69) is 16.5 Å². The van der Waals surface area contributed by atoms with Crippen LogP contribution in [0.1, 0.15) is 23.1 Å². The molecule has 112 valence electrons. The van der Waals surface area contributed by atoms with E-state index in [9.17, 15) is 4.79 Å². The molecule has 0 saturated heterocycles. The molecule has 3 rings (SSSR count). The average Bonchev–Trinajstić information content (AvgIpc) is 2.97. The van der Waals surface area contributed by atoms with Gasteiger partial charge in [-0.3, -0.25) is 4.79 Å². The Morgan fingerprint density at radius 1 is 1.14 bits per heavy atom. The lowest BCUT2D eigenvalue weighted by molar-refractivity contribution is -0.125. The van der Waals surface area contributed by atoms with E-state index in [1.54, 1.807) is 0 Å². The first-order valence-corrected chi connectivity index (χ1v) is 7.29. The highest BCUT2D eigenvalue weighted by molar-refractivity contribution is 6.06. The van der Waals surface area contributed by atoms with Gasteiger partial charge in [-0.25, -0.2) is 0 Å². The number of benzene rings is 2. The van der Waals surface area contributed by atoms with E-state index in [4.69, 9.17) is 4.84 Å². The Labute approximate surface area is 129 Å². The molecule has 4 nitrogen and oxygen atoms in total. The molecule has 0 saturated carbocycles. The highest BCUT2D eigenvalue weighted by atomic mass is 16.6. The molecule has 0 aromatic heterocycles. The van der Waals surface area contributed by atoms with Crippen LogP contribution in [-0.4, -0.2) is 17.7 Å². The van der Waals surface area contributed by atoms with Gasteiger partial charge in [-0.2, -0.15) is 0 Å². The molecule has 1 aliphatic heterocycles. The molecule has 1 heterocycles. The molecule has 0 aliphatic carbocycles. The molecule has 0 unspecified atom stereocenters. The number of nitrogens with zero attached hydrogens (tertiary/aromatic N) is 1. The number of aryl methyl sites for hydroxylation is 2. The van der Waals surface area contributed by atoms with Crippen LogP contribution in [0.25, 0.3) is 0 Å². The number of anilines is 1. The molecular weight excluding hydrogens is 276 g/mol. The largest absolute Gasteiger partial charge is 0.382 e. The Hall–Kier alpha value is -2.62. The molecule has 1 aliphatic rings. The molecule has 1 N–H and O–H groups in total. The van der Waals surface area contributed by atoms with Gasteiger partial charge in [0.1, 0.15) is 0 Å². The first-order valence-electron chi connectivity index (χ1n) is 7.29. The third-order valence-electron chi connectivity index (χ3n) is 3.56. The number of carbonyl (C=O) groups is 1. The predicted molar refractivity (Wildman–Crippen MR) is 87.0 cm³/mol. The third kappa shape index (κ3) is 3.17. The zero-order valence-corrected chi connectivity index (χ0v) is 12.7. The van der Waals surface area contributed by atoms with Crippen molar-refractivity contribution in [2.45, 2.75) is 26.4 Å². The van der Waals surface area contributed by atoms with Gasteiger partial charge in [-0.1, -0.05) is 41.6 Å². The van der Waals surface area contributed by atoms with E-state index >= 15 is 0 Å². The van der Waals surface area contributed by atoms with Crippen LogP contribution in [0, 0.1) is 13.8 Å². The fraction of sp³-hybridized carbons (Fsp3) is 0.222. The van der Waals surface area contributed by atoms with Crippen molar-refractivity contribution in [3.05, 3.63) is 65.2 Å². The zero-order valence-electron chi connectivity index (χ0n) is 12.7. The lowest BCUT2D eigenvalue weighted by Gasteiger charge is -2.11. The first-order chi connectivity index (χ1) is 10.6. The van der Waals surface area contributed by atoms with Crippen molar-refractivity contribution in [1.29, 1.82) is 0 Å². The normalized spacial score (nSPS) is 16.8. The van der Waals surface area contributed by atoms with Gasteiger partial charge in [0.25, 0.3) is 5.91 Å². The fourth-order valence-electron chi connectivity index (χ4n) is 2.59. The maximum Gasteiger partial charge on any atom is 0.268 e. The topological polar surface area (TPSA) is 50.7 Å². The molecule has 0 bridgehead atoms. The van der Waals surface area contributed by atoms with Gasteiger partial charge in [-0.05, 0) is 42.7 Å². The minimum Gasteiger partial charge on any atom is -0.382 e. The van der Waals surface area contributed by atoms with Gasteiger partial charge in [0, 0.05) is 12.1 Å². The summed E-state index contributed by atoms with van der Waals surface area (Å²) < 4.78 is 0. The van der Waals surface area contributed by atoms with Crippen LogP contribution in [0.5, 0.6) is 0 Å². The smallest absolute Gasteiger partial charge is 0.268 e. The molecule has 1 amide bonds. The number of rotatable bonds is 3. The maximum absolute atomic E-state index is 12.3. The van der Waals surface area contributed by atoms with E-state index in [-0.39, 0.29) is 5.91 Å². The van der Waals surface area contributed by atoms with Crippen molar-refractivity contribution in [2.24, 2.45) is 5.16 Å². The molecule has 2 aromatic carbocycles. The molecule has 0 fully saturated rings. The number of hydrogen-bond donors (Lipinski definition) is 1. The van der Waals surface area contributed by atoms with Gasteiger partial charge in [0.2, 0.25) is 6.10 Å². The van der Waals surface area contributed by atoms with Crippen LogP contribution < -0.4 is 5.32 Å². The van der Waals surface area contributed by atoms with Crippen LogP contribution in [-0.2, 0) is 9.63 Å². The minimum absolute atomic E-state index is 0.167. The summed E-state index contributed by atoms with van der Waals surface area (Å²) in [7, 11) is 0. The van der Waals surface area contributed by atoms with Gasteiger partial charge in [0.05, 0.1) is 5.71 Å². The highest BCUT2D eigenvalue weighted by Gasteiger charge is 2.28. The van der Waals surface area contributed by atoms with Crippen molar-refractivity contribution >= 4 is 17.3 Å². The van der Waals surface area contributed by atoms with Crippen molar-refractivity contribution in [3.63, 3.8) is 0 Å². The summed E-state index contributed by atoms with van der Waals surface area (Å²) in [6.45, 7) is 4.01. The molecule has 2 aromatic rings. The van der Waals surface area contributed by atoms with E-state index < -0.39 is 6.10 Å². The molecular formula is C18H18N2O2. The Balaban J connectivity index is 1.65. The molecule has 0 spiro atoms. The molecule has 1 atom stereocenters.